The van der Waals surface area contributed by atoms with E-state index in [9.17, 15) is 9.90 Å². The Morgan fingerprint density at radius 1 is 1.38 bits per heavy atom. The van der Waals surface area contributed by atoms with Gasteiger partial charge in [-0.1, -0.05) is 6.42 Å². The predicted octanol–water partition coefficient (Wildman–Crippen LogP) is 1.58. The molecule has 2 rings (SSSR count). The number of likely N-dealkylation sites (N-methyl/N-ethyl adjacent to an activating group) is 1. The topological polar surface area (TPSA) is 61.8 Å². The first kappa shape index (κ1) is 16.7. The van der Waals surface area contributed by atoms with Crippen molar-refractivity contribution in [3.8, 4) is 0 Å². The molecule has 5 heteroatoms. The van der Waals surface area contributed by atoms with Crippen LogP contribution in [0.2, 0.25) is 0 Å². The van der Waals surface area contributed by atoms with Crippen LogP contribution in [0, 0.1) is 11.8 Å². The minimum Gasteiger partial charge on any atom is -0.480 e. The fourth-order valence-corrected chi connectivity index (χ4v) is 4.02. The Bertz CT molecular complexity index is 344. The van der Waals surface area contributed by atoms with Crippen LogP contribution in [-0.4, -0.2) is 61.9 Å². The first-order valence-electron chi connectivity index (χ1n) is 8.27. The number of ether oxygens (including phenoxy) is 1. The smallest absolute Gasteiger partial charge is 0.324 e. The van der Waals surface area contributed by atoms with E-state index in [0.29, 0.717) is 0 Å². The van der Waals surface area contributed by atoms with Crippen molar-refractivity contribution in [2.45, 2.75) is 44.1 Å². The molecule has 5 nitrogen and oxygen atoms in total. The molecule has 0 amide bonds. The summed E-state index contributed by atoms with van der Waals surface area (Å²) in [4.78, 5) is 14.0. The number of nitrogens with one attached hydrogen (secondary N) is 1. The van der Waals surface area contributed by atoms with Crippen LogP contribution in [0.5, 0.6) is 0 Å². The van der Waals surface area contributed by atoms with Crippen molar-refractivity contribution >= 4 is 5.97 Å². The van der Waals surface area contributed by atoms with E-state index in [2.05, 4.69) is 17.3 Å². The van der Waals surface area contributed by atoms with E-state index in [4.69, 9.17) is 4.74 Å². The number of hydrogen-bond donors (Lipinski definition) is 2. The van der Waals surface area contributed by atoms with Gasteiger partial charge in [0.25, 0.3) is 0 Å². The molecule has 1 saturated carbocycles. The van der Waals surface area contributed by atoms with Crippen molar-refractivity contribution in [2.75, 3.05) is 40.4 Å². The summed E-state index contributed by atoms with van der Waals surface area (Å²) >= 11 is 0. The van der Waals surface area contributed by atoms with E-state index in [1.165, 1.54) is 0 Å². The predicted molar refractivity (Wildman–Crippen MR) is 82.4 cm³/mol. The first-order chi connectivity index (χ1) is 10.1. The largest absolute Gasteiger partial charge is 0.480 e. The Labute approximate surface area is 128 Å². The van der Waals surface area contributed by atoms with Gasteiger partial charge in [-0.25, -0.2) is 0 Å². The van der Waals surface area contributed by atoms with Crippen LogP contribution in [0.4, 0.5) is 0 Å². The van der Waals surface area contributed by atoms with E-state index in [1.807, 2.05) is 0 Å². The summed E-state index contributed by atoms with van der Waals surface area (Å²) in [5.41, 5.74) is -0.695. The lowest BCUT2D eigenvalue weighted by atomic mass is 9.84. The second-order valence-electron chi connectivity index (χ2n) is 6.72. The highest BCUT2D eigenvalue weighted by molar-refractivity contribution is 5.79. The van der Waals surface area contributed by atoms with Gasteiger partial charge < -0.3 is 20.1 Å². The summed E-state index contributed by atoms with van der Waals surface area (Å²) in [5.74, 6) is 0.303. The minimum absolute atomic E-state index is 0.247. The monoisotopic (exact) mass is 298 g/mol. The average molecular weight is 298 g/mol. The zero-order valence-corrected chi connectivity index (χ0v) is 13.4. The highest BCUT2D eigenvalue weighted by Gasteiger charge is 2.47. The van der Waals surface area contributed by atoms with E-state index in [1.54, 1.807) is 7.05 Å². The lowest BCUT2D eigenvalue weighted by Crippen LogP contribution is -2.53. The third kappa shape index (κ3) is 3.96. The first-order valence-corrected chi connectivity index (χ1v) is 8.27. The normalized spacial score (nSPS) is 30.9. The van der Waals surface area contributed by atoms with E-state index >= 15 is 0 Å². The summed E-state index contributed by atoms with van der Waals surface area (Å²) < 4.78 is 5.40. The molecule has 0 radical (unpaired) electrons. The van der Waals surface area contributed by atoms with E-state index in [-0.39, 0.29) is 5.92 Å². The molecular weight excluding hydrogens is 268 g/mol. The van der Waals surface area contributed by atoms with Crippen molar-refractivity contribution in [1.82, 2.24) is 10.2 Å². The van der Waals surface area contributed by atoms with Gasteiger partial charge in [0.1, 0.15) is 5.54 Å². The standard InChI is InChI=1S/C16H30N2O3/c1-17-16(15(19)20)8-3-4-14(16)5-9-18(2)12-13-6-10-21-11-7-13/h13-14,17H,3-12H2,1-2H3,(H,19,20). The van der Waals surface area contributed by atoms with E-state index in [0.717, 1.165) is 70.7 Å². The number of rotatable bonds is 7. The molecule has 2 fully saturated rings. The molecule has 2 aliphatic rings. The quantitative estimate of drug-likeness (QED) is 0.747. The number of carboxylic acid groups (broad SMARTS) is 1. The fourth-order valence-electron chi connectivity index (χ4n) is 4.02. The maximum atomic E-state index is 11.6. The number of carbonyl (C=O) groups is 1. The fraction of sp³-hybridized carbons (Fsp3) is 0.938. The van der Waals surface area contributed by atoms with Crippen LogP contribution in [0.3, 0.4) is 0 Å². The molecule has 2 N–H and O–H groups in total. The van der Waals surface area contributed by atoms with Gasteiger partial charge in [0.05, 0.1) is 0 Å². The Hall–Kier alpha value is -0.650. The molecule has 0 aromatic heterocycles. The van der Waals surface area contributed by atoms with Gasteiger partial charge in [0.2, 0.25) is 0 Å². The molecule has 122 valence electrons. The summed E-state index contributed by atoms with van der Waals surface area (Å²) in [6.45, 7) is 3.88. The second kappa shape index (κ2) is 7.56. The maximum Gasteiger partial charge on any atom is 0.324 e. The Morgan fingerprint density at radius 3 is 2.71 bits per heavy atom. The van der Waals surface area contributed by atoms with Crippen molar-refractivity contribution in [3.05, 3.63) is 0 Å². The highest BCUT2D eigenvalue weighted by Crippen LogP contribution is 2.38. The molecule has 21 heavy (non-hydrogen) atoms. The molecule has 0 bridgehead atoms. The van der Waals surface area contributed by atoms with Crippen molar-refractivity contribution in [3.63, 3.8) is 0 Å². The third-order valence-corrected chi connectivity index (χ3v) is 5.42. The SMILES string of the molecule is CNC1(C(=O)O)CCCC1CCN(C)CC1CCOCC1. The van der Waals surface area contributed by atoms with Gasteiger partial charge in [-0.15, -0.1) is 0 Å². The Kier molecular flexibility index (Phi) is 6.02. The second-order valence-corrected chi connectivity index (χ2v) is 6.72. The summed E-state index contributed by atoms with van der Waals surface area (Å²) in [6.07, 6.45) is 6.08. The molecule has 1 heterocycles. The zero-order chi connectivity index (χ0) is 15.3. The number of aliphatic carboxylic acids is 1. The number of hydrogen-bond acceptors (Lipinski definition) is 4. The lowest BCUT2D eigenvalue weighted by molar-refractivity contribution is -0.146. The molecule has 2 atom stereocenters. The van der Waals surface area contributed by atoms with Crippen LogP contribution in [0.15, 0.2) is 0 Å². The van der Waals surface area contributed by atoms with Crippen molar-refractivity contribution in [1.29, 1.82) is 0 Å². The molecule has 0 spiro atoms. The van der Waals surface area contributed by atoms with Gasteiger partial charge in [0, 0.05) is 19.8 Å². The Morgan fingerprint density at radius 2 is 2.10 bits per heavy atom. The van der Waals surface area contributed by atoms with Gasteiger partial charge in [-0.05, 0) is 64.6 Å². The molecule has 1 saturated heterocycles. The van der Waals surface area contributed by atoms with Gasteiger partial charge in [-0.2, -0.15) is 0 Å². The van der Waals surface area contributed by atoms with Gasteiger partial charge in [-0.3, -0.25) is 4.79 Å². The minimum atomic E-state index is -0.695. The molecule has 2 unspecified atom stereocenters. The van der Waals surface area contributed by atoms with Gasteiger partial charge in [0.15, 0.2) is 0 Å². The van der Waals surface area contributed by atoms with Crippen LogP contribution in [-0.2, 0) is 9.53 Å². The van der Waals surface area contributed by atoms with Gasteiger partial charge >= 0.3 is 5.97 Å². The highest BCUT2D eigenvalue weighted by atomic mass is 16.5. The summed E-state index contributed by atoms with van der Waals surface area (Å²) in [6, 6.07) is 0. The number of carboxylic acids is 1. The van der Waals surface area contributed by atoms with Crippen LogP contribution in [0.25, 0.3) is 0 Å². The van der Waals surface area contributed by atoms with E-state index < -0.39 is 11.5 Å². The zero-order valence-electron chi connectivity index (χ0n) is 13.4. The molecule has 1 aliphatic carbocycles. The molecule has 0 aromatic carbocycles. The average Bonchev–Trinajstić information content (AvgIpc) is 2.90. The van der Waals surface area contributed by atoms with Crippen LogP contribution >= 0.6 is 0 Å². The van der Waals surface area contributed by atoms with Crippen LogP contribution in [0.1, 0.15) is 38.5 Å². The van der Waals surface area contributed by atoms with Crippen LogP contribution < -0.4 is 5.32 Å². The molecule has 1 aliphatic heterocycles. The van der Waals surface area contributed by atoms with Crippen molar-refractivity contribution in [2.24, 2.45) is 11.8 Å². The lowest BCUT2D eigenvalue weighted by Gasteiger charge is -2.33. The van der Waals surface area contributed by atoms with Crippen molar-refractivity contribution < 1.29 is 14.6 Å². The molecule has 0 aromatic rings. The number of nitrogens with zero attached hydrogens (tertiary/aromatic N) is 1. The maximum absolute atomic E-state index is 11.6. The Balaban J connectivity index is 1.79. The molecular formula is C16H30N2O3. The summed E-state index contributed by atoms with van der Waals surface area (Å²) in [7, 11) is 3.95. The summed E-state index contributed by atoms with van der Waals surface area (Å²) in [5, 5.41) is 12.7. The third-order valence-electron chi connectivity index (χ3n) is 5.42.